The van der Waals surface area contributed by atoms with Gasteiger partial charge in [0.2, 0.25) is 0 Å². The first kappa shape index (κ1) is 22.4. The fourth-order valence-electron chi connectivity index (χ4n) is 3.92. The summed E-state index contributed by atoms with van der Waals surface area (Å²) in [6.07, 6.45) is 0. The first-order valence-corrected chi connectivity index (χ1v) is 10.3. The Morgan fingerprint density at radius 1 is 1.16 bits per heavy atom. The van der Waals surface area contributed by atoms with Gasteiger partial charge in [-0.1, -0.05) is 25.1 Å². The molecule has 1 aliphatic heterocycles. The summed E-state index contributed by atoms with van der Waals surface area (Å²) in [5.41, 5.74) is 5.56. The monoisotopic (exact) mass is 416 g/mol. The highest BCUT2D eigenvalue weighted by molar-refractivity contribution is 6.14. The Bertz CT molecular complexity index is 1060. The number of benzene rings is 2. The zero-order valence-corrected chi connectivity index (χ0v) is 18.5. The van der Waals surface area contributed by atoms with E-state index in [4.69, 9.17) is 20.8 Å². The van der Waals surface area contributed by atoms with Gasteiger partial charge in [-0.3, -0.25) is 4.79 Å². The Morgan fingerprint density at radius 2 is 1.77 bits per heavy atom. The molecule has 1 heterocycles. The number of nitrogens with zero attached hydrogens (tertiary/aromatic N) is 2. The molecule has 2 aromatic rings. The Labute approximate surface area is 183 Å². The van der Waals surface area contributed by atoms with Crippen LogP contribution in [0.3, 0.4) is 0 Å². The zero-order chi connectivity index (χ0) is 22.7. The van der Waals surface area contributed by atoms with Crippen molar-refractivity contribution < 1.29 is 9.53 Å². The van der Waals surface area contributed by atoms with Gasteiger partial charge in [-0.05, 0) is 54.3 Å². The summed E-state index contributed by atoms with van der Waals surface area (Å²) in [6.45, 7) is 7.14. The second-order valence-corrected chi connectivity index (χ2v) is 8.22. The third-order valence-electron chi connectivity index (χ3n) is 6.03. The van der Waals surface area contributed by atoms with E-state index in [0.29, 0.717) is 41.2 Å². The third kappa shape index (κ3) is 4.57. The molecule has 0 aliphatic carbocycles. The van der Waals surface area contributed by atoms with Crippen LogP contribution in [0.4, 0.5) is 0 Å². The van der Waals surface area contributed by atoms with Crippen molar-refractivity contribution in [1.29, 1.82) is 16.1 Å². The van der Waals surface area contributed by atoms with Gasteiger partial charge in [0, 0.05) is 49.0 Å². The van der Waals surface area contributed by atoms with E-state index < -0.39 is 0 Å². The van der Waals surface area contributed by atoms with Crippen molar-refractivity contribution in [2.24, 2.45) is 5.92 Å². The highest BCUT2D eigenvalue weighted by Crippen LogP contribution is 2.30. The van der Waals surface area contributed by atoms with Crippen molar-refractivity contribution in [3.63, 3.8) is 0 Å². The number of likely N-dealkylation sites (tertiary alicyclic amines) is 1. The van der Waals surface area contributed by atoms with Crippen LogP contribution in [-0.2, 0) is 4.74 Å². The number of carbonyl (C=O) groups is 1. The first-order valence-electron chi connectivity index (χ1n) is 10.3. The Kier molecular flexibility index (Phi) is 6.67. The Hall–Kier alpha value is -3.30. The molecule has 1 atom stereocenters. The maximum absolute atomic E-state index is 13.2. The van der Waals surface area contributed by atoms with Crippen molar-refractivity contribution in [3.8, 4) is 6.07 Å². The second kappa shape index (κ2) is 9.23. The minimum atomic E-state index is -0.380. The summed E-state index contributed by atoms with van der Waals surface area (Å²) < 4.78 is 5.04. The number of methoxy groups -OCH3 is 1. The lowest BCUT2D eigenvalue weighted by atomic mass is 9.87. The van der Waals surface area contributed by atoms with Crippen molar-refractivity contribution in [2.75, 3.05) is 26.8 Å². The number of rotatable bonds is 7. The largest absolute Gasteiger partial charge is 0.379 e. The smallest absolute Gasteiger partial charge is 0.254 e. The summed E-state index contributed by atoms with van der Waals surface area (Å²) in [4.78, 5) is 15.0. The minimum absolute atomic E-state index is 0.0314. The molecule has 0 bridgehead atoms. The molecule has 0 aromatic heterocycles. The molecule has 0 saturated carbocycles. The molecule has 6 nitrogen and oxygen atoms in total. The maximum Gasteiger partial charge on any atom is 0.254 e. The molecule has 1 saturated heterocycles. The number of amides is 1. The van der Waals surface area contributed by atoms with Crippen molar-refractivity contribution in [2.45, 2.75) is 26.7 Å². The first-order chi connectivity index (χ1) is 14.8. The molecule has 3 rings (SSSR count). The van der Waals surface area contributed by atoms with E-state index in [0.717, 1.165) is 16.7 Å². The van der Waals surface area contributed by atoms with Crippen LogP contribution in [0.15, 0.2) is 36.4 Å². The molecule has 1 unspecified atom stereocenters. The van der Waals surface area contributed by atoms with Gasteiger partial charge >= 0.3 is 0 Å². The summed E-state index contributed by atoms with van der Waals surface area (Å²) in [5.74, 6) is -0.139. The maximum atomic E-state index is 13.2. The molecule has 0 spiro atoms. The van der Waals surface area contributed by atoms with Gasteiger partial charge in [-0.15, -0.1) is 0 Å². The molecule has 2 aromatic carbocycles. The number of nitriles is 1. The van der Waals surface area contributed by atoms with Crippen LogP contribution in [0, 0.1) is 41.9 Å². The summed E-state index contributed by atoms with van der Waals surface area (Å²) in [7, 11) is 1.54. The quantitative estimate of drug-likeness (QED) is 0.665. The molecule has 6 heteroatoms. The molecule has 2 N–H and O–H groups in total. The van der Waals surface area contributed by atoms with Crippen LogP contribution in [0.1, 0.15) is 51.0 Å². The molecule has 1 amide bonds. The highest BCUT2D eigenvalue weighted by atomic mass is 16.5. The van der Waals surface area contributed by atoms with Crippen LogP contribution in [-0.4, -0.2) is 49.0 Å². The minimum Gasteiger partial charge on any atom is -0.379 e. The van der Waals surface area contributed by atoms with Crippen molar-refractivity contribution in [1.82, 2.24) is 4.90 Å². The Morgan fingerprint density at radius 3 is 2.35 bits per heavy atom. The number of aryl methyl sites for hydroxylation is 2. The van der Waals surface area contributed by atoms with Crippen LogP contribution in [0.5, 0.6) is 0 Å². The van der Waals surface area contributed by atoms with E-state index in [1.54, 1.807) is 6.07 Å². The number of ether oxygens (including phenoxy) is 1. The molecule has 1 fully saturated rings. The molecule has 31 heavy (non-hydrogen) atoms. The standard InChI is InChI=1S/C25H28N4O2/c1-15-9-16(2)22(10-21(15)24(28)17(3)23(27)14-31-4)25(30)29-12-20(13-29)19-7-5-18(11-26)6-8-19/h5-10,17,20,27-28H,12-14H2,1-4H3. The van der Waals surface area contributed by atoms with Gasteiger partial charge in [0.15, 0.2) is 0 Å². The lowest BCUT2D eigenvalue weighted by Gasteiger charge is -2.40. The molecule has 1 aliphatic rings. The topological polar surface area (TPSA) is 101 Å². The lowest BCUT2D eigenvalue weighted by Crippen LogP contribution is -2.48. The van der Waals surface area contributed by atoms with Crippen molar-refractivity contribution >= 4 is 17.3 Å². The van der Waals surface area contributed by atoms with E-state index in [2.05, 4.69) is 6.07 Å². The predicted octanol–water partition coefficient (Wildman–Crippen LogP) is 4.08. The molecule has 160 valence electrons. The number of hydrogen-bond acceptors (Lipinski definition) is 5. The van der Waals surface area contributed by atoms with Gasteiger partial charge < -0.3 is 20.5 Å². The van der Waals surface area contributed by atoms with E-state index in [9.17, 15) is 4.79 Å². The van der Waals surface area contributed by atoms with Gasteiger partial charge in [-0.2, -0.15) is 5.26 Å². The van der Waals surface area contributed by atoms with Crippen LogP contribution < -0.4 is 0 Å². The van der Waals surface area contributed by atoms with Gasteiger partial charge in [0.1, 0.15) is 0 Å². The average molecular weight is 417 g/mol. The Balaban J connectivity index is 1.76. The molecule has 0 radical (unpaired) electrons. The van der Waals surface area contributed by atoms with Crippen LogP contribution in [0.2, 0.25) is 0 Å². The van der Waals surface area contributed by atoms with Gasteiger partial charge in [-0.25, -0.2) is 0 Å². The second-order valence-electron chi connectivity index (χ2n) is 8.22. The van der Waals surface area contributed by atoms with E-state index in [1.165, 1.54) is 7.11 Å². The number of carbonyl (C=O) groups excluding carboxylic acids is 1. The summed E-state index contributed by atoms with van der Waals surface area (Å²) in [5, 5.41) is 25.6. The summed E-state index contributed by atoms with van der Waals surface area (Å²) in [6, 6.07) is 13.4. The predicted molar refractivity (Wildman–Crippen MR) is 121 cm³/mol. The fourth-order valence-corrected chi connectivity index (χ4v) is 3.92. The highest BCUT2D eigenvalue weighted by Gasteiger charge is 2.33. The van der Waals surface area contributed by atoms with Crippen LogP contribution in [0.25, 0.3) is 0 Å². The SMILES string of the molecule is COCC(=N)C(C)C(=N)c1cc(C(=O)N2CC(c3ccc(C#N)cc3)C2)c(C)cc1C. The molecular weight excluding hydrogens is 388 g/mol. The van der Waals surface area contributed by atoms with Gasteiger partial charge in [0.05, 0.1) is 18.2 Å². The summed E-state index contributed by atoms with van der Waals surface area (Å²) >= 11 is 0. The van der Waals surface area contributed by atoms with E-state index in [1.807, 2.05) is 56.0 Å². The van der Waals surface area contributed by atoms with E-state index in [-0.39, 0.29) is 24.3 Å². The molecular formula is C25H28N4O2. The number of hydrogen-bond donors (Lipinski definition) is 2. The lowest BCUT2D eigenvalue weighted by molar-refractivity contribution is 0.0601. The van der Waals surface area contributed by atoms with Crippen LogP contribution >= 0.6 is 0 Å². The number of nitrogens with one attached hydrogen (secondary N) is 2. The third-order valence-corrected chi connectivity index (χ3v) is 6.03. The van der Waals surface area contributed by atoms with Crippen molar-refractivity contribution in [3.05, 3.63) is 69.8 Å². The van der Waals surface area contributed by atoms with Gasteiger partial charge in [0.25, 0.3) is 5.91 Å². The van der Waals surface area contributed by atoms with E-state index >= 15 is 0 Å². The normalized spacial score (nSPS) is 14.5. The fraction of sp³-hybridized carbons (Fsp3) is 0.360. The average Bonchev–Trinajstić information content (AvgIpc) is 2.72. The zero-order valence-electron chi connectivity index (χ0n) is 18.5.